The molecule has 0 atom stereocenters. The van der Waals surface area contributed by atoms with Crippen molar-refractivity contribution in [1.82, 2.24) is 5.06 Å². The first-order chi connectivity index (χ1) is 8.85. The van der Waals surface area contributed by atoms with Crippen molar-refractivity contribution in [2.75, 3.05) is 27.3 Å². The van der Waals surface area contributed by atoms with Gasteiger partial charge in [0.2, 0.25) is 0 Å². The van der Waals surface area contributed by atoms with Crippen LogP contribution < -0.4 is 9.47 Å². The fourth-order valence-corrected chi connectivity index (χ4v) is 2.08. The number of para-hydroxylation sites is 1. The van der Waals surface area contributed by atoms with Crippen LogP contribution in [0.25, 0.3) is 0 Å². The number of ether oxygens (including phenoxy) is 2. The molecule has 18 heavy (non-hydrogen) atoms. The van der Waals surface area contributed by atoms with Crippen molar-refractivity contribution in [2.24, 2.45) is 0 Å². The number of hydroxylamine groups is 2. The molecule has 99 valence electrons. The first-order valence-corrected chi connectivity index (χ1v) is 6.24. The predicted octanol–water partition coefficient (Wildman–Crippen LogP) is 2.44. The zero-order valence-corrected chi connectivity index (χ0v) is 11.0. The minimum Gasteiger partial charge on any atom is -0.493 e. The molecule has 4 heteroatoms. The molecule has 4 nitrogen and oxygen atoms in total. The van der Waals surface area contributed by atoms with E-state index in [1.165, 1.54) is 0 Å². The molecule has 0 saturated carbocycles. The number of piperidine rings is 1. The van der Waals surface area contributed by atoms with Gasteiger partial charge < -0.3 is 9.47 Å². The zero-order chi connectivity index (χ0) is 12.8. The van der Waals surface area contributed by atoms with Crippen LogP contribution in [0, 0.1) is 6.42 Å². The van der Waals surface area contributed by atoms with Gasteiger partial charge in [-0.25, -0.2) is 0 Å². The molecule has 0 aliphatic carbocycles. The maximum atomic E-state index is 5.79. The van der Waals surface area contributed by atoms with Crippen molar-refractivity contribution < 1.29 is 14.3 Å². The highest BCUT2D eigenvalue weighted by Crippen LogP contribution is 2.31. The van der Waals surface area contributed by atoms with E-state index in [2.05, 4.69) is 6.42 Å². The second kappa shape index (κ2) is 6.61. The molecule has 1 radical (unpaired) electrons. The summed E-state index contributed by atoms with van der Waals surface area (Å²) in [4.78, 5) is 5.79. The monoisotopic (exact) mass is 250 g/mol. The summed E-state index contributed by atoms with van der Waals surface area (Å²) < 4.78 is 10.6. The van der Waals surface area contributed by atoms with Gasteiger partial charge in [-0.1, -0.05) is 12.1 Å². The first kappa shape index (κ1) is 13.2. The fraction of sp³-hybridized carbons (Fsp3) is 0.500. The Kier molecular flexibility index (Phi) is 4.84. The van der Waals surface area contributed by atoms with Crippen molar-refractivity contribution in [2.45, 2.75) is 19.4 Å². The van der Waals surface area contributed by atoms with E-state index in [1.807, 2.05) is 23.3 Å². The van der Waals surface area contributed by atoms with Crippen LogP contribution >= 0.6 is 0 Å². The smallest absolute Gasteiger partial charge is 0.166 e. The lowest BCUT2D eigenvalue weighted by atomic mass is 10.2. The summed E-state index contributed by atoms with van der Waals surface area (Å²) in [7, 11) is 3.29. The Balaban J connectivity index is 1.99. The molecule has 0 amide bonds. The third kappa shape index (κ3) is 3.15. The third-order valence-electron chi connectivity index (χ3n) is 3.05. The quantitative estimate of drug-likeness (QED) is 0.803. The number of methoxy groups -OCH3 is 2. The van der Waals surface area contributed by atoms with Crippen molar-refractivity contribution in [3.8, 4) is 11.5 Å². The number of rotatable bonds is 5. The summed E-state index contributed by atoms with van der Waals surface area (Å²) in [5.74, 6) is 1.49. The summed E-state index contributed by atoms with van der Waals surface area (Å²) in [6, 6.07) is 5.83. The van der Waals surface area contributed by atoms with E-state index in [9.17, 15) is 0 Å². The van der Waals surface area contributed by atoms with Crippen LogP contribution in [-0.4, -0.2) is 32.4 Å². The normalized spacial score (nSPS) is 16.6. The van der Waals surface area contributed by atoms with E-state index in [4.69, 9.17) is 14.3 Å². The molecule has 0 bridgehead atoms. The van der Waals surface area contributed by atoms with Crippen LogP contribution in [0.2, 0.25) is 0 Å². The second-order valence-electron chi connectivity index (χ2n) is 4.22. The zero-order valence-electron chi connectivity index (χ0n) is 11.0. The maximum Gasteiger partial charge on any atom is 0.166 e. The molecule has 0 aromatic heterocycles. The van der Waals surface area contributed by atoms with E-state index >= 15 is 0 Å². The number of benzene rings is 1. The Labute approximate surface area is 108 Å². The highest BCUT2D eigenvalue weighted by Gasteiger charge is 2.14. The van der Waals surface area contributed by atoms with Gasteiger partial charge in [0.1, 0.15) is 0 Å². The van der Waals surface area contributed by atoms with E-state index in [1.54, 1.807) is 14.2 Å². The highest BCUT2D eigenvalue weighted by atomic mass is 16.7. The molecule has 1 saturated heterocycles. The van der Waals surface area contributed by atoms with Crippen LogP contribution in [0.3, 0.4) is 0 Å². The largest absolute Gasteiger partial charge is 0.493 e. The van der Waals surface area contributed by atoms with Gasteiger partial charge in [-0.15, -0.1) is 0 Å². The molecule has 1 aromatic carbocycles. The molecule has 1 aromatic rings. The van der Waals surface area contributed by atoms with Gasteiger partial charge >= 0.3 is 0 Å². The summed E-state index contributed by atoms with van der Waals surface area (Å²) in [6.07, 6.45) is 4.48. The molecule has 1 heterocycles. The standard InChI is InChI=1S/C14H20NO3/c1-16-13-8-6-7-12(14(13)17-2)11-18-15-9-4-3-5-10-15/h3,6-8H,4-5,9-11H2,1-2H3. The highest BCUT2D eigenvalue weighted by molar-refractivity contribution is 5.46. The van der Waals surface area contributed by atoms with Gasteiger partial charge in [0, 0.05) is 18.7 Å². The topological polar surface area (TPSA) is 30.9 Å². The van der Waals surface area contributed by atoms with Crippen LogP contribution in [0.1, 0.15) is 18.4 Å². The minimum absolute atomic E-state index is 0.514. The number of nitrogens with zero attached hydrogens (tertiary/aromatic N) is 1. The Bertz CT molecular complexity index is 375. The lowest BCUT2D eigenvalue weighted by Gasteiger charge is -2.25. The van der Waals surface area contributed by atoms with Crippen LogP contribution in [-0.2, 0) is 11.4 Å². The molecule has 1 fully saturated rings. The second-order valence-corrected chi connectivity index (χ2v) is 4.22. The Morgan fingerprint density at radius 1 is 1.11 bits per heavy atom. The summed E-state index contributed by atoms with van der Waals surface area (Å²) in [5.41, 5.74) is 1.01. The summed E-state index contributed by atoms with van der Waals surface area (Å²) in [6.45, 7) is 2.44. The van der Waals surface area contributed by atoms with E-state index in [0.717, 1.165) is 43.0 Å². The van der Waals surface area contributed by atoms with Gasteiger partial charge in [-0.2, -0.15) is 5.06 Å². The maximum absolute atomic E-state index is 5.79. The van der Waals surface area contributed by atoms with Crippen LogP contribution in [0.4, 0.5) is 0 Å². The van der Waals surface area contributed by atoms with Crippen molar-refractivity contribution >= 4 is 0 Å². The average Bonchev–Trinajstić information content (AvgIpc) is 2.45. The van der Waals surface area contributed by atoms with Crippen LogP contribution in [0.15, 0.2) is 18.2 Å². The van der Waals surface area contributed by atoms with Gasteiger partial charge in [-0.3, -0.25) is 4.84 Å². The van der Waals surface area contributed by atoms with Gasteiger partial charge in [0.15, 0.2) is 11.5 Å². The minimum atomic E-state index is 0.514. The molecular formula is C14H20NO3. The Morgan fingerprint density at radius 3 is 2.56 bits per heavy atom. The van der Waals surface area contributed by atoms with Crippen molar-refractivity contribution in [3.63, 3.8) is 0 Å². The molecule has 1 aliphatic heterocycles. The van der Waals surface area contributed by atoms with Gasteiger partial charge in [0.25, 0.3) is 0 Å². The van der Waals surface area contributed by atoms with Crippen molar-refractivity contribution in [3.05, 3.63) is 30.2 Å². The lowest BCUT2D eigenvalue weighted by Crippen LogP contribution is -2.30. The third-order valence-corrected chi connectivity index (χ3v) is 3.05. The SMILES string of the molecule is COc1cccc(CON2CC[CH]CC2)c1OC. The molecule has 0 spiro atoms. The fourth-order valence-electron chi connectivity index (χ4n) is 2.08. The average molecular weight is 250 g/mol. The molecular weight excluding hydrogens is 230 g/mol. The Morgan fingerprint density at radius 2 is 1.89 bits per heavy atom. The number of hydrogen-bond acceptors (Lipinski definition) is 4. The van der Waals surface area contributed by atoms with Gasteiger partial charge in [0.05, 0.1) is 20.8 Å². The van der Waals surface area contributed by atoms with Gasteiger partial charge in [-0.05, 0) is 25.3 Å². The molecule has 1 aliphatic rings. The molecule has 2 rings (SSSR count). The molecule has 0 N–H and O–H groups in total. The summed E-state index contributed by atoms with van der Waals surface area (Å²) >= 11 is 0. The number of hydrogen-bond donors (Lipinski definition) is 0. The lowest BCUT2D eigenvalue weighted by molar-refractivity contribution is -0.174. The van der Waals surface area contributed by atoms with E-state index < -0.39 is 0 Å². The van der Waals surface area contributed by atoms with Crippen molar-refractivity contribution in [1.29, 1.82) is 0 Å². The predicted molar refractivity (Wildman–Crippen MR) is 69.4 cm³/mol. The van der Waals surface area contributed by atoms with E-state index in [-0.39, 0.29) is 0 Å². The summed E-state index contributed by atoms with van der Waals surface area (Å²) in [5, 5.41) is 2.01. The molecule has 0 unspecified atom stereocenters. The van der Waals surface area contributed by atoms with E-state index in [0.29, 0.717) is 6.61 Å². The van der Waals surface area contributed by atoms with Crippen LogP contribution in [0.5, 0.6) is 11.5 Å². The first-order valence-electron chi connectivity index (χ1n) is 6.24. The Hall–Kier alpha value is -1.26.